The fourth-order valence-corrected chi connectivity index (χ4v) is 2.55. The zero-order chi connectivity index (χ0) is 18.9. The third-order valence-corrected chi connectivity index (χ3v) is 3.62. The van der Waals surface area contributed by atoms with Gasteiger partial charge < -0.3 is 10.5 Å². The second-order valence-electron chi connectivity index (χ2n) is 6.95. The molecule has 0 atom stereocenters. The van der Waals surface area contributed by atoms with Gasteiger partial charge in [0, 0.05) is 29.4 Å². The number of nitrogen functional groups attached to an aromatic ring is 1. The van der Waals surface area contributed by atoms with Crippen LogP contribution in [0.4, 0.5) is 16.3 Å². The standard InChI is InChI=1S/C19H20N5O2/c1-11-5-6-21-10-14(11)12-7-13-9-16(20)23-24-17(13)15(8-12)22-18(25)26-19(2,3)4/h6-10H,1-4H3,(H2,20,23)(H,22,25). The van der Waals surface area contributed by atoms with Gasteiger partial charge in [-0.25, -0.2) is 4.79 Å². The number of amides is 1. The van der Waals surface area contributed by atoms with Crippen LogP contribution in [-0.2, 0) is 4.74 Å². The lowest BCUT2D eigenvalue weighted by Crippen LogP contribution is -2.27. The Labute approximate surface area is 151 Å². The number of fused-ring (bicyclic) bond motifs is 1. The zero-order valence-electron chi connectivity index (χ0n) is 15.1. The van der Waals surface area contributed by atoms with Gasteiger partial charge in [-0.15, -0.1) is 10.2 Å². The number of hydrogen-bond donors (Lipinski definition) is 2. The van der Waals surface area contributed by atoms with Crippen LogP contribution in [0.5, 0.6) is 0 Å². The van der Waals surface area contributed by atoms with E-state index in [-0.39, 0.29) is 0 Å². The monoisotopic (exact) mass is 350 g/mol. The number of aromatic nitrogens is 3. The predicted octanol–water partition coefficient (Wildman–Crippen LogP) is 3.73. The Morgan fingerprint density at radius 2 is 2.00 bits per heavy atom. The molecule has 7 nitrogen and oxygen atoms in total. The van der Waals surface area contributed by atoms with Gasteiger partial charge in [0.15, 0.2) is 0 Å². The third-order valence-electron chi connectivity index (χ3n) is 3.62. The van der Waals surface area contributed by atoms with Crippen LogP contribution in [0.25, 0.3) is 22.0 Å². The first-order valence-electron chi connectivity index (χ1n) is 8.12. The number of pyridine rings is 1. The molecular formula is C19H20N5O2. The number of carbonyl (C=O) groups excluding carboxylic acids is 1. The lowest BCUT2D eigenvalue weighted by molar-refractivity contribution is 0.0636. The van der Waals surface area contributed by atoms with E-state index in [1.54, 1.807) is 39.2 Å². The Morgan fingerprint density at radius 1 is 1.23 bits per heavy atom. The summed E-state index contributed by atoms with van der Waals surface area (Å²) in [5, 5.41) is 11.5. The van der Waals surface area contributed by atoms with Crippen molar-refractivity contribution in [2.75, 3.05) is 11.1 Å². The molecule has 3 rings (SSSR count). The Hall–Kier alpha value is -3.22. The largest absolute Gasteiger partial charge is 0.444 e. The van der Waals surface area contributed by atoms with E-state index in [2.05, 4.69) is 26.6 Å². The topological polar surface area (TPSA) is 103 Å². The molecule has 0 spiro atoms. The maximum Gasteiger partial charge on any atom is 0.412 e. The van der Waals surface area contributed by atoms with E-state index in [1.807, 2.05) is 19.1 Å². The number of nitrogens with zero attached hydrogens (tertiary/aromatic N) is 3. The summed E-state index contributed by atoms with van der Waals surface area (Å²) in [7, 11) is 0. The molecule has 0 bridgehead atoms. The molecule has 0 fully saturated rings. The van der Waals surface area contributed by atoms with Crippen LogP contribution < -0.4 is 11.1 Å². The highest BCUT2D eigenvalue weighted by Gasteiger charge is 2.18. The van der Waals surface area contributed by atoms with E-state index in [4.69, 9.17) is 10.5 Å². The summed E-state index contributed by atoms with van der Waals surface area (Å²) >= 11 is 0. The van der Waals surface area contributed by atoms with Crippen LogP contribution in [0.1, 0.15) is 26.3 Å². The number of nitrogens with one attached hydrogen (secondary N) is 1. The molecule has 1 radical (unpaired) electrons. The molecule has 133 valence electrons. The maximum absolute atomic E-state index is 12.2. The molecule has 26 heavy (non-hydrogen) atoms. The number of rotatable bonds is 2. The number of aryl methyl sites for hydroxylation is 1. The second-order valence-corrected chi connectivity index (χ2v) is 6.95. The van der Waals surface area contributed by atoms with Crippen molar-refractivity contribution >= 4 is 28.5 Å². The molecule has 7 heteroatoms. The van der Waals surface area contributed by atoms with Crippen molar-refractivity contribution in [1.82, 2.24) is 15.2 Å². The summed E-state index contributed by atoms with van der Waals surface area (Å²) in [5.41, 5.74) is 8.88. The summed E-state index contributed by atoms with van der Waals surface area (Å²) < 4.78 is 5.34. The summed E-state index contributed by atoms with van der Waals surface area (Å²) in [6.07, 6.45) is 2.80. The van der Waals surface area contributed by atoms with Crippen molar-refractivity contribution in [3.63, 3.8) is 0 Å². The first-order valence-corrected chi connectivity index (χ1v) is 8.12. The molecule has 2 aromatic heterocycles. The van der Waals surface area contributed by atoms with Gasteiger partial charge in [0.05, 0.1) is 5.69 Å². The number of nitrogens with two attached hydrogens (primary N) is 1. The summed E-state index contributed by atoms with van der Waals surface area (Å²) in [5.74, 6) is 0.298. The highest BCUT2D eigenvalue weighted by Crippen LogP contribution is 2.31. The summed E-state index contributed by atoms with van der Waals surface area (Å²) in [6.45, 7) is 7.35. The lowest BCUT2D eigenvalue weighted by atomic mass is 10.00. The third kappa shape index (κ3) is 3.88. The molecule has 3 N–H and O–H groups in total. The predicted molar refractivity (Wildman–Crippen MR) is 101 cm³/mol. The van der Waals surface area contributed by atoms with Crippen LogP contribution in [-0.4, -0.2) is 26.9 Å². The van der Waals surface area contributed by atoms with E-state index in [9.17, 15) is 4.79 Å². The maximum atomic E-state index is 12.2. The Bertz CT molecular complexity index is 979. The molecule has 0 unspecified atom stereocenters. The Morgan fingerprint density at radius 3 is 2.69 bits per heavy atom. The van der Waals surface area contributed by atoms with Crippen LogP contribution in [0.15, 0.2) is 30.6 Å². The zero-order valence-corrected chi connectivity index (χ0v) is 15.1. The normalized spacial score (nSPS) is 11.4. The van der Waals surface area contributed by atoms with Gasteiger partial charge >= 0.3 is 6.09 Å². The molecule has 0 saturated carbocycles. The van der Waals surface area contributed by atoms with Crippen molar-refractivity contribution in [2.24, 2.45) is 0 Å². The van der Waals surface area contributed by atoms with Gasteiger partial charge in [-0.3, -0.25) is 10.3 Å². The van der Waals surface area contributed by atoms with Gasteiger partial charge in [-0.05, 0) is 57.0 Å². The van der Waals surface area contributed by atoms with Crippen molar-refractivity contribution in [3.05, 3.63) is 42.2 Å². The van der Waals surface area contributed by atoms with Gasteiger partial charge in [-0.2, -0.15) is 0 Å². The van der Waals surface area contributed by atoms with Gasteiger partial charge in [0.2, 0.25) is 0 Å². The number of anilines is 2. The van der Waals surface area contributed by atoms with E-state index >= 15 is 0 Å². The molecule has 0 aliphatic heterocycles. The first kappa shape index (κ1) is 17.6. The van der Waals surface area contributed by atoms with Crippen LogP contribution in [0, 0.1) is 13.0 Å². The van der Waals surface area contributed by atoms with E-state index in [0.717, 1.165) is 22.1 Å². The van der Waals surface area contributed by atoms with Gasteiger partial charge in [-0.1, -0.05) is 0 Å². The molecular weight excluding hydrogens is 330 g/mol. The SMILES string of the molecule is Cc1[c]cncc1-c1cc(NC(=O)OC(C)(C)C)c2nnc(N)cc2c1. The molecule has 0 aliphatic rings. The van der Waals surface area contributed by atoms with Crippen molar-refractivity contribution in [3.8, 4) is 11.1 Å². The molecule has 2 heterocycles. The average molecular weight is 350 g/mol. The lowest BCUT2D eigenvalue weighted by Gasteiger charge is -2.20. The molecule has 1 aromatic carbocycles. The highest BCUT2D eigenvalue weighted by atomic mass is 16.6. The second kappa shape index (κ2) is 6.59. The Kier molecular flexibility index (Phi) is 4.46. The van der Waals surface area contributed by atoms with E-state index in [0.29, 0.717) is 17.0 Å². The van der Waals surface area contributed by atoms with Crippen molar-refractivity contribution < 1.29 is 9.53 Å². The number of hydrogen-bond acceptors (Lipinski definition) is 6. The first-order chi connectivity index (χ1) is 12.2. The summed E-state index contributed by atoms with van der Waals surface area (Å²) in [4.78, 5) is 16.4. The van der Waals surface area contributed by atoms with Gasteiger partial charge in [0.25, 0.3) is 0 Å². The average Bonchev–Trinajstić information content (AvgIpc) is 2.52. The van der Waals surface area contributed by atoms with Crippen molar-refractivity contribution in [2.45, 2.75) is 33.3 Å². The van der Waals surface area contributed by atoms with Crippen LogP contribution in [0.3, 0.4) is 0 Å². The van der Waals surface area contributed by atoms with Gasteiger partial charge in [0.1, 0.15) is 16.9 Å². The quantitative estimate of drug-likeness (QED) is 0.730. The smallest absolute Gasteiger partial charge is 0.412 e. The fraction of sp³-hybridized carbons (Fsp3) is 0.263. The molecule has 1 amide bonds. The minimum Gasteiger partial charge on any atom is -0.444 e. The van der Waals surface area contributed by atoms with Crippen molar-refractivity contribution in [1.29, 1.82) is 0 Å². The molecule has 3 aromatic rings. The Balaban J connectivity index is 2.11. The number of ether oxygens (including phenoxy) is 1. The van der Waals surface area contributed by atoms with Crippen LogP contribution >= 0.6 is 0 Å². The van der Waals surface area contributed by atoms with Crippen LogP contribution in [0.2, 0.25) is 0 Å². The minimum atomic E-state index is -0.609. The van der Waals surface area contributed by atoms with E-state index < -0.39 is 11.7 Å². The highest BCUT2D eigenvalue weighted by molar-refractivity contribution is 6.01. The fourth-order valence-electron chi connectivity index (χ4n) is 2.55. The number of benzene rings is 1. The van der Waals surface area contributed by atoms with E-state index in [1.165, 1.54) is 0 Å². The molecule has 0 aliphatic carbocycles. The number of carbonyl (C=O) groups is 1. The summed E-state index contributed by atoms with van der Waals surface area (Å²) in [6, 6.07) is 8.53. The minimum absolute atomic E-state index is 0.298. The molecule has 0 saturated heterocycles.